The molecule has 0 bridgehead atoms. The molecule has 0 atom stereocenters. The lowest BCUT2D eigenvalue weighted by Gasteiger charge is -2.33. The van der Waals surface area contributed by atoms with Crippen LogP contribution in [-0.2, 0) is 17.9 Å². The Bertz CT molecular complexity index is 1460. The minimum atomic E-state index is -0.0264. The van der Waals surface area contributed by atoms with E-state index in [1.54, 1.807) is 14.2 Å². The first-order chi connectivity index (χ1) is 19.7. The molecule has 0 spiro atoms. The second kappa shape index (κ2) is 11.7. The highest BCUT2D eigenvalue weighted by molar-refractivity contribution is 5.86. The van der Waals surface area contributed by atoms with Gasteiger partial charge in [0.2, 0.25) is 11.8 Å². The number of hydrogen-bond acceptors (Lipinski definition) is 10. The predicted octanol–water partition coefficient (Wildman–Crippen LogP) is 3.07. The summed E-state index contributed by atoms with van der Waals surface area (Å²) in [4.78, 5) is 24.0. The van der Waals surface area contributed by atoms with E-state index >= 15 is 0 Å². The number of fused-ring (bicyclic) bond motifs is 1. The van der Waals surface area contributed by atoms with Gasteiger partial charge in [0.1, 0.15) is 0 Å². The van der Waals surface area contributed by atoms with E-state index in [0.717, 1.165) is 79.2 Å². The first kappa shape index (κ1) is 26.4. The zero-order chi connectivity index (χ0) is 27.5. The van der Waals surface area contributed by atoms with E-state index in [9.17, 15) is 5.11 Å². The molecule has 3 aromatic heterocycles. The zero-order valence-electron chi connectivity index (χ0n) is 23.0. The number of morpholine rings is 1. The van der Waals surface area contributed by atoms with Gasteiger partial charge in [0.05, 0.1) is 40.4 Å². The van der Waals surface area contributed by atoms with Crippen molar-refractivity contribution in [2.45, 2.75) is 32.0 Å². The molecular weight excluding hydrogens is 510 g/mol. The van der Waals surface area contributed by atoms with Gasteiger partial charge in [-0.15, -0.1) is 0 Å². The number of nitrogens with zero attached hydrogens (tertiary/aromatic N) is 7. The van der Waals surface area contributed by atoms with E-state index in [0.29, 0.717) is 30.8 Å². The Hall–Kier alpha value is -3.80. The van der Waals surface area contributed by atoms with E-state index in [-0.39, 0.29) is 12.6 Å². The van der Waals surface area contributed by atoms with E-state index in [4.69, 9.17) is 29.2 Å². The maximum absolute atomic E-state index is 9.69. The van der Waals surface area contributed by atoms with Gasteiger partial charge in [0.25, 0.3) is 0 Å². The fourth-order valence-electron chi connectivity index (χ4n) is 5.56. The van der Waals surface area contributed by atoms with E-state index in [1.165, 1.54) is 0 Å². The number of imidazole rings is 1. The number of piperidine rings is 1. The van der Waals surface area contributed by atoms with Gasteiger partial charge in [-0.3, -0.25) is 4.90 Å². The second-order valence-electron chi connectivity index (χ2n) is 10.2. The number of pyridine rings is 1. The molecule has 2 aliphatic rings. The number of anilines is 1. The normalized spacial score (nSPS) is 16.9. The van der Waals surface area contributed by atoms with Crippen molar-refractivity contribution >= 4 is 17.0 Å². The largest absolute Gasteiger partial charge is 0.481 e. The Morgan fingerprint density at radius 1 is 0.975 bits per heavy atom. The van der Waals surface area contributed by atoms with E-state index in [1.807, 2.05) is 42.7 Å². The van der Waals surface area contributed by atoms with E-state index in [2.05, 4.69) is 19.4 Å². The highest BCUT2D eigenvalue weighted by Gasteiger charge is 2.26. The smallest absolute Gasteiger partial charge is 0.220 e. The van der Waals surface area contributed by atoms with Crippen LogP contribution in [0, 0.1) is 0 Å². The minimum Gasteiger partial charge on any atom is -0.481 e. The number of ether oxygens (including phenoxy) is 3. The van der Waals surface area contributed by atoms with Gasteiger partial charge in [-0.1, -0.05) is 18.2 Å². The Morgan fingerprint density at radius 3 is 2.55 bits per heavy atom. The molecule has 5 heterocycles. The average molecular weight is 546 g/mol. The molecule has 0 saturated carbocycles. The zero-order valence-corrected chi connectivity index (χ0v) is 23.0. The third-order valence-corrected chi connectivity index (χ3v) is 7.74. The van der Waals surface area contributed by atoms with Gasteiger partial charge in [0.15, 0.2) is 22.8 Å². The first-order valence-corrected chi connectivity index (χ1v) is 13.7. The maximum atomic E-state index is 9.69. The Labute approximate surface area is 233 Å². The van der Waals surface area contributed by atoms with Crippen molar-refractivity contribution in [3.05, 3.63) is 53.9 Å². The number of aromatic nitrogens is 5. The molecule has 2 fully saturated rings. The molecule has 6 rings (SSSR count). The van der Waals surface area contributed by atoms with E-state index < -0.39 is 0 Å². The van der Waals surface area contributed by atoms with Gasteiger partial charge in [-0.2, -0.15) is 4.98 Å². The fraction of sp³-hybridized carbons (Fsp3) is 0.448. The van der Waals surface area contributed by atoms with Crippen LogP contribution in [-0.4, -0.2) is 88.1 Å². The van der Waals surface area contributed by atoms with Crippen LogP contribution in [0.3, 0.4) is 0 Å². The van der Waals surface area contributed by atoms with Crippen molar-refractivity contribution in [1.82, 2.24) is 29.4 Å². The third-order valence-electron chi connectivity index (χ3n) is 7.74. The summed E-state index contributed by atoms with van der Waals surface area (Å²) in [6.07, 6.45) is 3.88. The number of aliphatic hydroxyl groups is 1. The SMILES string of the molecule is COc1ccc(CN2CCC(n3cnc4c(N5CCOCC5)nc(-c5cccc(CO)c5)nc43)CC2)c(OC)n1. The molecule has 0 unspecified atom stereocenters. The summed E-state index contributed by atoms with van der Waals surface area (Å²) in [5.41, 5.74) is 4.43. The van der Waals surface area contributed by atoms with Crippen LogP contribution in [0.4, 0.5) is 5.82 Å². The Morgan fingerprint density at radius 2 is 1.80 bits per heavy atom. The van der Waals surface area contributed by atoms with Gasteiger partial charge in [-0.05, 0) is 30.5 Å². The molecule has 2 aliphatic heterocycles. The van der Waals surface area contributed by atoms with Crippen molar-refractivity contribution in [1.29, 1.82) is 0 Å². The van der Waals surface area contributed by atoms with Crippen molar-refractivity contribution in [2.24, 2.45) is 0 Å². The van der Waals surface area contributed by atoms with Gasteiger partial charge in [-0.25, -0.2) is 15.0 Å². The molecule has 4 aromatic rings. The number of methoxy groups -OCH3 is 2. The predicted molar refractivity (Wildman–Crippen MR) is 151 cm³/mol. The van der Waals surface area contributed by atoms with Crippen molar-refractivity contribution < 1.29 is 19.3 Å². The van der Waals surface area contributed by atoms with Gasteiger partial charge < -0.3 is 28.8 Å². The van der Waals surface area contributed by atoms with Gasteiger partial charge in [0, 0.05) is 56.0 Å². The Kier molecular flexibility index (Phi) is 7.76. The van der Waals surface area contributed by atoms with Crippen molar-refractivity contribution in [3.8, 4) is 23.1 Å². The molecule has 2 saturated heterocycles. The summed E-state index contributed by atoms with van der Waals surface area (Å²) in [5, 5.41) is 9.69. The quantitative estimate of drug-likeness (QED) is 0.355. The fourth-order valence-corrected chi connectivity index (χ4v) is 5.56. The summed E-state index contributed by atoms with van der Waals surface area (Å²) >= 11 is 0. The summed E-state index contributed by atoms with van der Waals surface area (Å²) in [6, 6.07) is 12.0. The van der Waals surface area contributed by atoms with Crippen molar-refractivity contribution in [3.63, 3.8) is 0 Å². The lowest BCUT2D eigenvalue weighted by molar-refractivity contribution is 0.122. The molecule has 1 aromatic carbocycles. The molecule has 1 N–H and O–H groups in total. The number of benzene rings is 1. The number of likely N-dealkylation sites (tertiary alicyclic amines) is 1. The number of rotatable bonds is 8. The van der Waals surface area contributed by atoms with Crippen LogP contribution < -0.4 is 14.4 Å². The summed E-state index contributed by atoms with van der Waals surface area (Å²) in [6.45, 7) is 5.46. The first-order valence-electron chi connectivity index (χ1n) is 13.7. The number of hydrogen-bond donors (Lipinski definition) is 1. The topological polar surface area (TPSA) is 111 Å². The molecule has 11 nitrogen and oxygen atoms in total. The van der Waals surface area contributed by atoms with Crippen LogP contribution in [0.1, 0.15) is 30.0 Å². The van der Waals surface area contributed by atoms with Crippen LogP contribution >= 0.6 is 0 Å². The van der Waals surface area contributed by atoms with Crippen LogP contribution in [0.2, 0.25) is 0 Å². The summed E-state index contributed by atoms with van der Waals surface area (Å²) in [7, 11) is 3.25. The highest BCUT2D eigenvalue weighted by Crippen LogP contribution is 2.33. The van der Waals surface area contributed by atoms with Crippen LogP contribution in [0.5, 0.6) is 11.8 Å². The summed E-state index contributed by atoms with van der Waals surface area (Å²) in [5.74, 6) is 2.63. The summed E-state index contributed by atoms with van der Waals surface area (Å²) < 4.78 is 18.6. The molecule has 40 heavy (non-hydrogen) atoms. The van der Waals surface area contributed by atoms with Crippen LogP contribution in [0.25, 0.3) is 22.6 Å². The second-order valence-corrected chi connectivity index (χ2v) is 10.2. The molecule has 0 aliphatic carbocycles. The highest BCUT2D eigenvalue weighted by atomic mass is 16.5. The lowest BCUT2D eigenvalue weighted by atomic mass is 10.0. The standard InChI is InChI=1S/C29H35N7O4/c1-38-24-7-6-22(29(31-24)39-2)17-34-10-8-23(9-11-34)36-19-30-25-27(35-12-14-40-15-13-35)32-26(33-28(25)36)21-5-3-4-20(16-21)18-37/h3-7,16,19,23,37H,8-15,17-18H2,1-2H3. The molecule has 11 heteroatoms. The van der Waals surface area contributed by atoms with Gasteiger partial charge >= 0.3 is 0 Å². The lowest BCUT2D eigenvalue weighted by Crippen LogP contribution is -2.37. The molecular formula is C29H35N7O4. The third kappa shape index (κ3) is 5.32. The average Bonchev–Trinajstić information content (AvgIpc) is 3.45. The molecule has 0 radical (unpaired) electrons. The van der Waals surface area contributed by atoms with Crippen LogP contribution in [0.15, 0.2) is 42.7 Å². The molecule has 210 valence electrons. The number of aliphatic hydroxyl groups excluding tert-OH is 1. The minimum absolute atomic E-state index is 0.0264. The van der Waals surface area contributed by atoms with Crippen molar-refractivity contribution in [2.75, 3.05) is 58.5 Å². The molecule has 0 amide bonds. The Balaban J connectivity index is 1.27. The monoisotopic (exact) mass is 545 g/mol. The maximum Gasteiger partial charge on any atom is 0.220 e.